The summed E-state index contributed by atoms with van der Waals surface area (Å²) in [5, 5.41) is 2.99. The van der Waals surface area contributed by atoms with Gasteiger partial charge in [0.05, 0.1) is 12.4 Å². The lowest BCUT2D eigenvalue weighted by Crippen LogP contribution is -2.25. The van der Waals surface area contributed by atoms with Crippen molar-refractivity contribution in [2.24, 2.45) is 0 Å². The monoisotopic (exact) mass is 375 g/mol. The number of amides is 1. The highest BCUT2D eigenvalue weighted by Crippen LogP contribution is 2.21. The van der Waals surface area contributed by atoms with Gasteiger partial charge in [0.2, 0.25) is 5.91 Å². The smallest absolute Gasteiger partial charge is 0.346 e. The fourth-order valence-corrected chi connectivity index (χ4v) is 3.10. The number of H-pyrrole nitrogens is 1. The van der Waals surface area contributed by atoms with Gasteiger partial charge < -0.3 is 15.0 Å². The van der Waals surface area contributed by atoms with E-state index in [4.69, 9.17) is 4.74 Å². The van der Waals surface area contributed by atoms with Gasteiger partial charge in [0.1, 0.15) is 10.6 Å². The number of esters is 1. The first kappa shape index (κ1) is 19.7. The third-order valence-corrected chi connectivity index (χ3v) is 4.49. The molecule has 0 saturated carbocycles. The SMILES string of the molecule is CCOC(=O)c1c(SCC(=O)NCc2ccc(C)cc2)nc(=O)[nH]c1C. The normalized spacial score (nSPS) is 10.4. The average molecular weight is 375 g/mol. The predicted molar refractivity (Wildman–Crippen MR) is 99.3 cm³/mol. The topological polar surface area (TPSA) is 101 Å². The van der Waals surface area contributed by atoms with Crippen LogP contribution < -0.4 is 11.0 Å². The summed E-state index contributed by atoms with van der Waals surface area (Å²) in [6, 6.07) is 7.85. The number of rotatable bonds is 7. The Morgan fingerprint density at radius 3 is 2.58 bits per heavy atom. The number of carbonyl (C=O) groups is 2. The quantitative estimate of drug-likeness (QED) is 0.436. The minimum atomic E-state index is -0.573. The minimum Gasteiger partial charge on any atom is -0.462 e. The molecule has 0 unspecified atom stereocenters. The molecule has 0 saturated heterocycles. The molecule has 0 fully saturated rings. The number of thioether (sulfide) groups is 1. The van der Waals surface area contributed by atoms with Gasteiger partial charge in [0.25, 0.3) is 0 Å². The van der Waals surface area contributed by atoms with E-state index in [0.29, 0.717) is 12.2 Å². The third kappa shape index (κ3) is 5.45. The number of aromatic amines is 1. The van der Waals surface area contributed by atoms with E-state index < -0.39 is 11.7 Å². The number of aryl methyl sites for hydroxylation is 2. The van der Waals surface area contributed by atoms with Crippen LogP contribution >= 0.6 is 11.8 Å². The molecule has 0 aliphatic carbocycles. The summed E-state index contributed by atoms with van der Waals surface area (Å²) in [5.74, 6) is -0.754. The first-order valence-electron chi connectivity index (χ1n) is 8.13. The van der Waals surface area contributed by atoms with Crippen LogP contribution in [-0.2, 0) is 16.1 Å². The van der Waals surface area contributed by atoms with Crippen molar-refractivity contribution >= 4 is 23.6 Å². The Morgan fingerprint density at radius 2 is 1.92 bits per heavy atom. The van der Waals surface area contributed by atoms with Crippen LogP contribution in [0.15, 0.2) is 34.1 Å². The molecule has 2 aromatic rings. The highest BCUT2D eigenvalue weighted by atomic mass is 32.2. The maximum absolute atomic E-state index is 12.1. The van der Waals surface area contributed by atoms with Crippen LogP contribution in [0.1, 0.15) is 34.1 Å². The Labute approximate surface area is 155 Å². The molecule has 1 amide bonds. The molecule has 0 aliphatic rings. The Bertz CT molecular complexity index is 847. The van der Waals surface area contributed by atoms with E-state index in [1.165, 1.54) is 0 Å². The summed E-state index contributed by atoms with van der Waals surface area (Å²) in [7, 11) is 0. The number of aromatic nitrogens is 2. The van der Waals surface area contributed by atoms with E-state index in [9.17, 15) is 14.4 Å². The van der Waals surface area contributed by atoms with Gasteiger partial charge in [0.15, 0.2) is 0 Å². The molecular formula is C18H21N3O4S. The molecule has 2 N–H and O–H groups in total. The molecule has 138 valence electrons. The molecular weight excluding hydrogens is 354 g/mol. The van der Waals surface area contributed by atoms with Crippen molar-refractivity contribution in [3.63, 3.8) is 0 Å². The van der Waals surface area contributed by atoms with Crippen molar-refractivity contribution in [3.8, 4) is 0 Å². The second-order valence-corrected chi connectivity index (χ2v) is 6.58. The molecule has 0 atom stereocenters. The Morgan fingerprint density at radius 1 is 1.23 bits per heavy atom. The second kappa shape index (κ2) is 9.19. The molecule has 0 bridgehead atoms. The van der Waals surface area contributed by atoms with Gasteiger partial charge in [-0.15, -0.1) is 0 Å². The van der Waals surface area contributed by atoms with E-state index in [1.807, 2.05) is 31.2 Å². The molecule has 0 aliphatic heterocycles. The molecule has 1 aromatic heterocycles. The van der Waals surface area contributed by atoms with Gasteiger partial charge in [-0.2, -0.15) is 4.98 Å². The molecule has 2 rings (SSSR count). The summed E-state index contributed by atoms with van der Waals surface area (Å²) in [6.45, 7) is 5.90. The van der Waals surface area contributed by atoms with Crippen molar-refractivity contribution in [2.75, 3.05) is 12.4 Å². The van der Waals surface area contributed by atoms with Crippen molar-refractivity contribution < 1.29 is 14.3 Å². The first-order chi connectivity index (χ1) is 12.4. The number of hydrogen-bond acceptors (Lipinski definition) is 6. The summed E-state index contributed by atoms with van der Waals surface area (Å²) in [6.07, 6.45) is 0. The van der Waals surface area contributed by atoms with Crippen molar-refractivity contribution in [1.82, 2.24) is 15.3 Å². The highest BCUT2D eigenvalue weighted by Gasteiger charge is 2.19. The molecule has 7 nitrogen and oxygen atoms in total. The maximum atomic E-state index is 12.1. The van der Waals surface area contributed by atoms with Gasteiger partial charge >= 0.3 is 11.7 Å². The van der Waals surface area contributed by atoms with Gasteiger partial charge in [-0.25, -0.2) is 9.59 Å². The van der Waals surface area contributed by atoms with E-state index in [0.717, 1.165) is 22.9 Å². The fourth-order valence-electron chi connectivity index (χ4n) is 2.20. The highest BCUT2D eigenvalue weighted by molar-refractivity contribution is 8.00. The fraction of sp³-hybridized carbons (Fsp3) is 0.333. The van der Waals surface area contributed by atoms with E-state index in [-0.39, 0.29) is 28.9 Å². The molecule has 26 heavy (non-hydrogen) atoms. The maximum Gasteiger partial charge on any atom is 0.346 e. The molecule has 0 radical (unpaired) electrons. The van der Waals surface area contributed by atoms with Crippen LogP contribution in [0.2, 0.25) is 0 Å². The predicted octanol–water partition coefficient (Wildman–Crippen LogP) is 1.97. The summed E-state index contributed by atoms with van der Waals surface area (Å²) in [4.78, 5) is 42.0. The lowest BCUT2D eigenvalue weighted by Gasteiger charge is -2.10. The number of nitrogens with zero attached hydrogens (tertiary/aromatic N) is 1. The van der Waals surface area contributed by atoms with E-state index >= 15 is 0 Å². The van der Waals surface area contributed by atoms with Crippen LogP contribution in [-0.4, -0.2) is 34.2 Å². The molecule has 8 heteroatoms. The van der Waals surface area contributed by atoms with E-state index in [1.54, 1.807) is 13.8 Å². The van der Waals surface area contributed by atoms with Crippen LogP contribution in [0, 0.1) is 13.8 Å². The molecule has 0 spiro atoms. The number of ether oxygens (including phenoxy) is 1. The van der Waals surface area contributed by atoms with Gasteiger partial charge in [-0.05, 0) is 26.3 Å². The average Bonchev–Trinajstić information content (AvgIpc) is 2.59. The Balaban J connectivity index is 2.01. The van der Waals surface area contributed by atoms with Crippen molar-refractivity contribution in [1.29, 1.82) is 0 Å². The molecule has 1 heterocycles. The first-order valence-corrected chi connectivity index (χ1v) is 9.12. The minimum absolute atomic E-state index is 0.0359. The van der Waals surface area contributed by atoms with Gasteiger partial charge in [0, 0.05) is 12.2 Å². The number of hydrogen-bond donors (Lipinski definition) is 2. The molecule has 1 aromatic carbocycles. The van der Waals surface area contributed by atoms with Crippen LogP contribution in [0.3, 0.4) is 0 Å². The lowest BCUT2D eigenvalue weighted by atomic mass is 10.1. The number of benzene rings is 1. The largest absolute Gasteiger partial charge is 0.462 e. The van der Waals surface area contributed by atoms with Crippen LogP contribution in [0.25, 0.3) is 0 Å². The summed E-state index contributed by atoms with van der Waals surface area (Å²) >= 11 is 1.03. The third-order valence-electron chi connectivity index (χ3n) is 3.52. The summed E-state index contributed by atoms with van der Waals surface area (Å²) in [5.41, 5.74) is 2.12. The number of nitrogens with one attached hydrogen (secondary N) is 2. The van der Waals surface area contributed by atoms with Crippen molar-refractivity contribution in [3.05, 3.63) is 57.1 Å². The standard InChI is InChI=1S/C18H21N3O4S/c1-4-25-17(23)15-12(3)20-18(24)21-16(15)26-10-14(22)19-9-13-7-5-11(2)6-8-13/h5-8H,4,9-10H2,1-3H3,(H,19,22)(H,20,21,24). The van der Waals surface area contributed by atoms with Crippen LogP contribution in [0.4, 0.5) is 0 Å². The Kier molecular flexibility index (Phi) is 6.97. The Hall–Kier alpha value is -2.61. The second-order valence-electron chi connectivity index (χ2n) is 5.62. The van der Waals surface area contributed by atoms with E-state index in [2.05, 4.69) is 15.3 Å². The zero-order valence-corrected chi connectivity index (χ0v) is 15.7. The number of carbonyl (C=O) groups excluding carboxylic acids is 2. The summed E-state index contributed by atoms with van der Waals surface area (Å²) < 4.78 is 5.00. The van der Waals surface area contributed by atoms with Gasteiger partial charge in [-0.1, -0.05) is 41.6 Å². The zero-order valence-electron chi connectivity index (χ0n) is 14.9. The van der Waals surface area contributed by atoms with Gasteiger partial charge in [-0.3, -0.25) is 4.79 Å². The zero-order chi connectivity index (χ0) is 19.1. The van der Waals surface area contributed by atoms with Crippen molar-refractivity contribution in [2.45, 2.75) is 32.3 Å². The van der Waals surface area contributed by atoms with Crippen LogP contribution in [0.5, 0.6) is 0 Å². The lowest BCUT2D eigenvalue weighted by molar-refractivity contribution is -0.118.